The largest absolute Gasteiger partial charge is 0.480 e. The van der Waals surface area contributed by atoms with E-state index in [0.717, 1.165) is 0 Å². The fourth-order valence-corrected chi connectivity index (χ4v) is 0.374. The first kappa shape index (κ1) is 13.8. The van der Waals surface area contributed by atoms with Crippen LogP contribution in [0.4, 0.5) is 4.79 Å². The van der Waals surface area contributed by atoms with Gasteiger partial charge in [-0.1, -0.05) is 0 Å². The number of hydrogen-bond donors (Lipinski definition) is 2. The molecule has 0 amide bonds. The van der Waals surface area contributed by atoms with Crippen molar-refractivity contribution in [2.75, 3.05) is 20.2 Å². The smallest absolute Gasteiger partial charge is 0.403 e. The van der Waals surface area contributed by atoms with Crippen molar-refractivity contribution < 1.29 is 19.4 Å². The third-order valence-corrected chi connectivity index (χ3v) is 0.695. The van der Waals surface area contributed by atoms with Crippen molar-refractivity contribution in [2.45, 2.75) is 6.92 Å². The maximum absolute atomic E-state index is 9.59. The van der Waals surface area contributed by atoms with Gasteiger partial charge in [-0.3, -0.25) is 4.79 Å². The molecule has 0 fully saturated rings. The van der Waals surface area contributed by atoms with Crippen LogP contribution in [-0.2, 0) is 9.53 Å². The number of halogens is 1. The minimum atomic E-state index is -0.822. The predicted molar refractivity (Wildman–Crippen MR) is 44.4 cm³/mol. The van der Waals surface area contributed by atoms with E-state index in [2.05, 4.69) is 10.1 Å². The summed E-state index contributed by atoms with van der Waals surface area (Å²) in [4.78, 5) is 19.1. The average Bonchev–Trinajstić information content (AvgIpc) is 1.87. The molecular formula is C6H12ClNO4. The van der Waals surface area contributed by atoms with E-state index in [1.165, 1.54) is 0 Å². The van der Waals surface area contributed by atoms with Crippen LogP contribution in [0.1, 0.15) is 6.92 Å². The molecule has 0 aliphatic rings. The Kier molecular flexibility index (Phi) is 11.7. The molecule has 2 N–H and O–H groups in total. The van der Waals surface area contributed by atoms with Crippen LogP contribution in [0.5, 0.6) is 0 Å². The number of likely N-dealkylation sites (N-methyl/N-ethyl adjacent to an activating group) is 1. The summed E-state index contributed by atoms with van der Waals surface area (Å²) in [6.07, 6.45) is 0. The molecule has 0 spiro atoms. The van der Waals surface area contributed by atoms with E-state index in [1.807, 2.05) is 0 Å². The zero-order valence-corrected chi connectivity index (χ0v) is 7.72. The van der Waals surface area contributed by atoms with Crippen LogP contribution >= 0.6 is 11.6 Å². The first-order valence-electron chi connectivity index (χ1n) is 3.23. The standard InChI is InChI=1S/C3H5ClO2.C3H7NO2/c1-2-6-3(4)5;1-4-2-3(5)6/h2H2,1H3;4H,2H2,1H3,(H,5,6). The summed E-state index contributed by atoms with van der Waals surface area (Å²) in [5, 5.41) is 10.3. The molecule has 0 bridgehead atoms. The van der Waals surface area contributed by atoms with Gasteiger partial charge in [0.2, 0.25) is 0 Å². The second kappa shape index (κ2) is 10.2. The van der Waals surface area contributed by atoms with Crippen LogP contribution < -0.4 is 5.32 Å². The zero-order valence-electron chi connectivity index (χ0n) is 6.96. The van der Waals surface area contributed by atoms with Gasteiger partial charge in [0.05, 0.1) is 13.2 Å². The summed E-state index contributed by atoms with van der Waals surface area (Å²) in [7, 11) is 1.59. The van der Waals surface area contributed by atoms with Gasteiger partial charge < -0.3 is 15.2 Å². The molecule has 6 heteroatoms. The number of carboxylic acid groups (broad SMARTS) is 1. The number of aliphatic carboxylic acids is 1. The number of nitrogens with one attached hydrogen (secondary N) is 1. The van der Waals surface area contributed by atoms with Gasteiger partial charge in [0.25, 0.3) is 0 Å². The van der Waals surface area contributed by atoms with Crippen molar-refractivity contribution in [2.24, 2.45) is 0 Å². The Labute approximate surface area is 75.7 Å². The van der Waals surface area contributed by atoms with Crippen LogP contribution in [0.3, 0.4) is 0 Å². The summed E-state index contributed by atoms with van der Waals surface area (Å²) in [6.45, 7) is 2.09. The molecule has 0 aromatic heterocycles. The van der Waals surface area contributed by atoms with Crippen molar-refractivity contribution in [3.63, 3.8) is 0 Å². The molecular weight excluding hydrogens is 186 g/mol. The molecule has 0 aromatic rings. The number of carbonyl (C=O) groups is 2. The Morgan fingerprint density at radius 3 is 2.08 bits per heavy atom. The summed E-state index contributed by atoms with van der Waals surface area (Å²) >= 11 is 4.72. The molecule has 0 atom stereocenters. The summed E-state index contributed by atoms with van der Waals surface area (Å²) < 4.78 is 4.17. The molecule has 0 aliphatic heterocycles. The monoisotopic (exact) mass is 197 g/mol. The zero-order chi connectivity index (χ0) is 9.98. The van der Waals surface area contributed by atoms with Crippen LogP contribution in [0.15, 0.2) is 0 Å². The fourth-order valence-electron chi connectivity index (χ4n) is 0.265. The lowest BCUT2D eigenvalue weighted by Crippen LogP contribution is -2.16. The number of hydrogen-bond acceptors (Lipinski definition) is 4. The van der Waals surface area contributed by atoms with Crippen LogP contribution in [-0.4, -0.2) is 36.7 Å². The molecule has 0 aliphatic carbocycles. The van der Waals surface area contributed by atoms with Crippen LogP contribution in [0.2, 0.25) is 0 Å². The van der Waals surface area contributed by atoms with Gasteiger partial charge in [0.1, 0.15) is 0 Å². The molecule has 0 rings (SSSR count). The third kappa shape index (κ3) is 22.9. The number of carboxylic acids is 1. The Morgan fingerprint density at radius 1 is 1.58 bits per heavy atom. The minimum absolute atomic E-state index is 0.0417. The predicted octanol–water partition coefficient (Wildman–Crippen LogP) is 0.672. The highest BCUT2D eigenvalue weighted by molar-refractivity contribution is 6.61. The molecule has 0 saturated heterocycles. The summed E-state index contributed by atoms with van der Waals surface area (Å²) in [6, 6.07) is 0. The van der Waals surface area contributed by atoms with Crippen molar-refractivity contribution in [1.82, 2.24) is 5.32 Å². The van der Waals surface area contributed by atoms with Gasteiger partial charge in [-0.05, 0) is 14.0 Å². The van der Waals surface area contributed by atoms with Crippen molar-refractivity contribution in [3.8, 4) is 0 Å². The average molecular weight is 198 g/mol. The summed E-state index contributed by atoms with van der Waals surface area (Å²) in [5.74, 6) is -0.822. The number of rotatable bonds is 3. The highest BCUT2D eigenvalue weighted by Gasteiger charge is 1.86. The lowest BCUT2D eigenvalue weighted by molar-refractivity contribution is -0.135. The SMILES string of the molecule is CCOC(=O)Cl.CNCC(=O)O. The van der Waals surface area contributed by atoms with E-state index in [1.54, 1.807) is 14.0 Å². The van der Waals surface area contributed by atoms with Crippen molar-refractivity contribution in [3.05, 3.63) is 0 Å². The highest BCUT2D eigenvalue weighted by atomic mass is 35.5. The van der Waals surface area contributed by atoms with Crippen molar-refractivity contribution in [1.29, 1.82) is 0 Å². The first-order chi connectivity index (χ1) is 5.54. The molecule has 0 aromatic carbocycles. The summed E-state index contributed by atoms with van der Waals surface area (Å²) in [5.41, 5.74) is -0.738. The van der Waals surface area contributed by atoms with Gasteiger partial charge in [-0.15, -0.1) is 0 Å². The molecule has 0 heterocycles. The Bertz CT molecular complexity index is 124. The lowest BCUT2D eigenvalue weighted by Gasteiger charge is -1.86. The second-order valence-electron chi connectivity index (χ2n) is 1.59. The topological polar surface area (TPSA) is 75.6 Å². The molecule has 0 saturated carbocycles. The quantitative estimate of drug-likeness (QED) is 0.651. The minimum Gasteiger partial charge on any atom is -0.480 e. The lowest BCUT2D eigenvalue weighted by atomic mass is 10.7. The normalized spacial score (nSPS) is 7.92. The van der Waals surface area contributed by atoms with Gasteiger partial charge in [0, 0.05) is 11.6 Å². The molecule has 12 heavy (non-hydrogen) atoms. The Hall–Kier alpha value is -0.810. The van der Waals surface area contributed by atoms with E-state index in [9.17, 15) is 9.59 Å². The van der Waals surface area contributed by atoms with Gasteiger partial charge in [-0.2, -0.15) is 0 Å². The van der Waals surface area contributed by atoms with E-state index in [4.69, 9.17) is 16.7 Å². The highest BCUT2D eigenvalue weighted by Crippen LogP contribution is 1.82. The molecule has 72 valence electrons. The van der Waals surface area contributed by atoms with Crippen LogP contribution in [0.25, 0.3) is 0 Å². The molecule has 0 unspecified atom stereocenters. The maximum Gasteiger partial charge on any atom is 0.403 e. The van der Waals surface area contributed by atoms with Crippen LogP contribution in [0, 0.1) is 0 Å². The second-order valence-corrected chi connectivity index (χ2v) is 1.90. The first-order valence-corrected chi connectivity index (χ1v) is 3.61. The van der Waals surface area contributed by atoms with E-state index in [0.29, 0.717) is 6.61 Å². The Balaban J connectivity index is 0. The number of ether oxygens (including phenoxy) is 1. The molecule has 0 radical (unpaired) electrons. The fraction of sp³-hybridized carbons (Fsp3) is 0.667. The van der Waals surface area contributed by atoms with Gasteiger partial charge >= 0.3 is 11.4 Å². The van der Waals surface area contributed by atoms with E-state index >= 15 is 0 Å². The van der Waals surface area contributed by atoms with Gasteiger partial charge in [-0.25, -0.2) is 4.79 Å². The number of carbonyl (C=O) groups excluding carboxylic acids is 1. The van der Waals surface area contributed by atoms with Gasteiger partial charge in [0.15, 0.2) is 0 Å². The Morgan fingerprint density at radius 2 is 2.08 bits per heavy atom. The van der Waals surface area contributed by atoms with E-state index in [-0.39, 0.29) is 6.54 Å². The molecule has 5 nitrogen and oxygen atoms in total. The third-order valence-electron chi connectivity index (χ3n) is 0.586. The van der Waals surface area contributed by atoms with E-state index < -0.39 is 11.4 Å². The maximum atomic E-state index is 9.59. The van der Waals surface area contributed by atoms with Crippen molar-refractivity contribution >= 4 is 23.0 Å².